The Morgan fingerprint density at radius 3 is 2.78 bits per heavy atom. The number of ether oxygens (including phenoxy) is 1. The van der Waals surface area contributed by atoms with E-state index in [-0.39, 0.29) is 5.92 Å². The molecule has 2 aliphatic carbocycles. The van der Waals surface area contributed by atoms with E-state index < -0.39 is 0 Å². The lowest BCUT2D eigenvalue weighted by molar-refractivity contribution is -0.118. The summed E-state index contributed by atoms with van der Waals surface area (Å²) in [5.74, 6) is 1.73. The van der Waals surface area contributed by atoms with Gasteiger partial charge in [-0.15, -0.1) is 0 Å². The first-order valence-corrected chi connectivity index (χ1v) is 6.67. The van der Waals surface area contributed by atoms with Crippen LogP contribution in [0.25, 0.3) is 6.08 Å². The zero-order chi connectivity index (χ0) is 12.7. The van der Waals surface area contributed by atoms with E-state index in [0.717, 1.165) is 36.1 Å². The van der Waals surface area contributed by atoms with Crippen LogP contribution < -0.4 is 4.74 Å². The van der Waals surface area contributed by atoms with Crippen LogP contribution >= 0.6 is 11.6 Å². The van der Waals surface area contributed by atoms with Gasteiger partial charge >= 0.3 is 0 Å². The third-order valence-corrected chi connectivity index (χ3v) is 4.39. The Hall–Kier alpha value is -1.28. The Morgan fingerprint density at radius 1 is 1.33 bits per heavy atom. The van der Waals surface area contributed by atoms with Gasteiger partial charge in [-0.1, -0.05) is 17.7 Å². The largest absolute Gasteiger partial charge is 0.496 e. The Bertz CT molecular complexity index is 533. The predicted molar refractivity (Wildman–Crippen MR) is 71.8 cm³/mol. The van der Waals surface area contributed by atoms with Crippen molar-refractivity contribution in [3.8, 4) is 5.75 Å². The van der Waals surface area contributed by atoms with Gasteiger partial charge in [0.25, 0.3) is 0 Å². The maximum atomic E-state index is 12.1. The Kier molecular flexibility index (Phi) is 2.90. The lowest BCUT2D eigenvalue weighted by Crippen LogP contribution is -2.12. The van der Waals surface area contributed by atoms with E-state index in [1.54, 1.807) is 7.11 Å². The number of Topliss-reactive ketones (excluding diaryl/α,β-unsaturated/α-hetero) is 1. The van der Waals surface area contributed by atoms with Crippen molar-refractivity contribution in [3.05, 3.63) is 34.4 Å². The first kappa shape index (κ1) is 11.8. The number of rotatable bonds is 2. The van der Waals surface area contributed by atoms with Crippen LogP contribution in [0.4, 0.5) is 0 Å². The number of benzene rings is 1. The second-order valence-electron chi connectivity index (χ2n) is 5.03. The molecule has 94 valence electrons. The van der Waals surface area contributed by atoms with Crippen molar-refractivity contribution in [2.75, 3.05) is 7.11 Å². The lowest BCUT2D eigenvalue weighted by atomic mass is 9.92. The van der Waals surface area contributed by atoms with E-state index in [1.807, 2.05) is 24.3 Å². The van der Waals surface area contributed by atoms with Crippen molar-refractivity contribution < 1.29 is 9.53 Å². The van der Waals surface area contributed by atoms with Gasteiger partial charge in [-0.05, 0) is 49.0 Å². The third-order valence-electron chi connectivity index (χ3n) is 4.06. The van der Waals surface area contributed by atoms with Gasteiger partial charge in [-0.2, -0.15) is 0 Å². The second-order valence-corrected chi connectivity index (χ2v) is 5.43. The maximum Gasteiger partial charge on any atom is 0.162 e. The number of allylic oxidation sites excluding steroid dienone is 1. The number of carbonyl (C=O) groups is 1. The number of ketones is 1. The molecular weight excluding hydrogens is 248 g/mol. The van der Waals surface area contributed by atoms with E-state index in [4.69, 9.17) is 16.3 Å². The first-order valence-electron chi connectivity index (χ1n) is 6.29. The average Bonchev–Trinajstić information content (AvgIpc) is 2.95. The molecule has 3 heteroatoms. The summed E-state index contributed by atoms with van der Waals surface area (Å²) in [5, 5.41) is 0.637. The summed E-state index contributed by atoms with van der Waals surface area (Å²) in [6.07, 6.45) is 5.15. The number of hydrogen-bond acceptors (Lipinski definition) is 2. The van der Waals surface area contributed by atoms with Crippen molar-refractivity contribution in [2.45, 2.75) is 19.3 Å². The molecule has 0 aliphatic heterocycles. The first-order chi connectivity index (χ1) is 8.70. The summed E-state index contributed by atoms with van der Waals surface area (Å²) >= 11 is 6.20. The molecule has 0 aromatic heterocycles. The van der Waals surface area contributed by atoms with Crippen LogP contribution in [0.5, 0.6) is 5.75 Å². The molecule has 2 unspecified atom stereocenters. The van der Waals surface area contributed by atoms with E-state index >= 15 is 0 Å². The maximum absolute atomic E-state index is 12.1. The van der Waals surface area contributed by atoms with Crippen LogP contribution in [0.2, 0.25) is 5.02 Å². The minimum Gasteiger partial charge on any atom is -0.496 e. The number of halogens is 1. The van der Waals surface area contributed by atoms with Gasteiger partial charge < -0.3 is 4.74 Å². The normalized spacial score (nSPS) is 28.1. The fraction of sp³-hybridized carbons (Fsp3) is 0.400. The molecule has 0 spiro atoms. The smallest absolute Gasteiger partial charge is 0.162 e. The molecular formula is C15H15ClO2. The zero-order valence-corrected chi connectivity index (χ0v) is 11.0. The van der Waals surface area contributed by atoms with Crippen molar-refractivity contribution in [2.24, 2.45) is 11.8 Å². The molecule has 1 aromatic carbocycles. The predicted octanol–water partition coefficient (Wildman–Crippen LogP) is 3.73. The molecule has 0 radical (unpaired) electrons. The Morgan fingerprint density at radius 2 is 2.11 bits per heavy atom. The molecule has 2 fully saturated rings. The number of methoxy groups -OCH3 is 1. The number of fused-ring (bicyclic) bond motifs is 2. The van der Waals surface area contributed by atoms with Crippen LogP contribution in [0.3, 0.4) is 0 Å². The standard InChI is InChI=1S/C15H15ClO2/c1-18-14-4-2-3-13(16)12(14)8-11-9-5-6-10(7-9)15(11)17/h2-4,8-10H,5-7H2,1H3. The van der Waals surface area contributed by atoms with Crippen molar-refractivity contribution in [3.63, 3.8) is 0 Å². The van der Waals surface area contributed by atoms with Gasteiger partial charge in [0.15, 0.2) is 5.78 Å². The van der Waals surface area contributed by atoms with Crippen molar-refractivity contribution in [1.29, 1.82) is 0 Å². The SMILES string of the molecule is COc1cccc(Cl)c1C=C1C(=O)C2CCC1C2. The Labute approximate surface area is 112 Å². The molecule has 0 amide bonds. The monoisotopic (exact) mass is 262 g/mol. The minimum absolute atomic E-state index is 0.259. The highest BCUT2D eigenvalue weighted by atomic mass is 35.5. The topological polar surface area (TPSA) is 26.3 Å². The van der Waals surface area contributed by atoms with Crippen molar-refractivity contribution in [1.82, 2.24) is 0 Å². The molecule has 3 rings (SSSR count). The summed E-state index contributed by atoms with van der Waals surface area (Å²) in [5.41, 5.74) is 1.77. The number of carbonyl (C=O) groups excluding carboxylic acids is 1. The second kappa shape index (κ2) is 4.43. The van der Waals surface area contributed by atoms with Crippen LogP contribution in [0.1, 0.15) is 24.8 Å². The van der Waals surface area contributed by atoms with Gasteiger partial charge in [0.2, 0.25) is 0 Å². The highest BCUT2D eigenvalue weighted by molar-refractivity contribution is 6.32. The summed E-state index contributed by atoms with van der Waals surface area (Å²) in [4.78, 5) is 12.1. The Balaban J connectivity index is 2.04. The third kappa shape index (κ3) is 1.76. The van der Waals surface area contributed by atoms with Crippen LogP contribution in [-0.4, -0.2) is 12.9 Å². The lowest BCUT2D eigenvalue weighted by Gasteiger charge is -2.13. The molecule has 2 saturated carbocycles. The zero-order valence-electron chi connectivity index (χ0n) is 10.3. The highest BCUT2D eigenvalue weighted by Crippen LogP contribution is 2.47. The van der Waals surface area contributed by atoms with Gasteiger partial charge in [0.05, 0.1) is 12.1 Å². The van der Waals surface area contributed by atoms with Gasteiger partial charge in [-0.25, -0.2) is 0 Å². The van der Waals surface area contributed by atoms with Gasteiger partial charge in [0, 0.05) is 11.5 Å². The van der Waals surface area contributed by atoms with E-state index in [0.29, 0.717) is 16.7 Å². The molecule has 0 N–H and O–H groups in total. The highest BCUT2D eigenvalue weighted by Gasteiger charge is 2.42. The summed E-state index contributed by atoms with van der Waals surface area (Å²) in [6.45, 7) is 0. The molecule has 2 aliphatic rings. The summed E-state index contributed by atoms with van der Waals surface area (Å²) < 4.78 is 5.31. The fourth-order valence-electron chi connectivity index (χ4n) is 3.12. The molecule has 1 aromatic rings. The summed E-state index contributed by atoms with van der Waals surface area (Å²) in [7, 11) is 1.62. The molecule has 2 atom stereocenters. The molecule has 2 nitrogen and oxygen atoms in total. The van der Waals surface area contributed by atoms with Crippen LogP contribution in [0.15, 0.2) is 23.8 Å². The van der Waals surface area contributed by atoms with E-state index in [9.17, 15) is 4.79 Å². The van der Waals surface area contributed by atoms with Gasteiger partial charge in [0.1, 0.15) is 5.75 Å². The van der Waals surface area contributed by atoms with E-state index in [1.165, 1.54) is 0 Å². The molecule has 18 heavy (non-hydrogen) atoms. The minimum atomic E-state index is 0.259. The van der Waals surface area contributed by atoms with Crippen LogP contribution in [0, 0.1) is 11.8 Å². The molecule has 0 heterocycles. The van der Waals surface area contributed by atoms with Gasteiger partial charge in [-0.3, -0.25) is 4.79 Å². The average molecular weight is 263 g/mol. The van der Waals surface area contributed by atoms with Crippen LogP contribution in [-0.2, 0) is 4.79 Å². The fourth-order valence-corrected chi connectivity index (χ4v) is 3.34. The molecule has 2 bridgehead atoms. The van der Waals surface area contributed by atoms with Crippen molar-refractivity contribution >= 4 is 23.5 Å². The number of hydrogen-bond donors (Lipinski definition) is 0. The quantitative estimate of drug-likeness (QED) is 0.759. The molecule has 0 saturated heterocycles. The summed E-state index contributed by atoms with van der Waals surface area (Å²) in [6, 6.07) is 5.55. The van der Waals surface area contributed by atoms with E-state index in [2.05, 4.69) is 0 Å².